The number of hydrogen-bond acceptors (Lipinski definition) is 2. The number of hydrogen-bond donors (Lipinski definition) is 2. The van der Waals surface area contributed by atoms with Crippen molar-refractivity contribution in [3.63, 3.8) is 0 Å². The maximum absolute atomic E-state index is 13.0. The number of amides is 2. The van der Waals surface area contributed by atoms with E-state index >= 15 is 0 Å². The first-order chi connectivity index (χ1) is 11.8. The van der Waals surface area contributed by atoms with Gasteiger partial charge in [-0.1, -0.05) is 45.0 Å². The van der Waals surface area contributed by atoms with Gasteiger partial charge in [-0.3, -0.25) is 20.4 Å². The summed E-state index contributed by atoms with van der Waals surface area (Å²) in [5, 5.41) is 0. The average molecular weight is 340 g/mol. The van der Waals surface area contributed by atoms with Crippen LogP contribution in [0.4, 0.5) is 4.39 Å². The van der Waals surface area contributed by atoms with Crippen LogP contribution in [0.15, 0.2) is 54.6 Å². The highest BCUT2D eigenvalue weighted by Crippen LogP contribution is 2.22. The van der Waals surface area contributed by atoms with Crippen molar-refractivity contribution in [1.82, 2.24) is 10.9 Å². The fraction of sp³-hybridized carbons (Fsp3) is 0.200. The fourth-order valence-corrected chi connectivity index (χ4v) is 2.14. The van der Waals surface area contributed by atoms with Crippen molar-refractivity contribution < 1.29 is 14.0 Å². The molecule has 0 bridgehead atoms. The molecule has 25 heavy (non-hydrogen) atoms. The van der Waals surface area contributed by atoms with Crippen LogP contribution in [0.3, 0.4) is 0 Å². The van der Waals surface area contributed by atoms with E-state index in [0.717, 1.165) is 5.56 Å². The van der Waals surface area contributed by atoms with Gasteiger partial charge in [0.25, 0.3) is 11.8 Å². The molecule has 0 aliphatic carbocycles. The Kier molecular flexibility index (Phi) is 5.70. The van der Waals surface area contributed by atoms with Crippen molar-refractivity contribution in [2.75, 3.05) is 0 Å². The van der Waals surface area contributed by atoms with Gasteiger partial charge in [0.05, 0.1) is 0 Å². The van der Waals surface area contributed by atoms with Crippen LogP contribution in [-0.4, -0.2) is 11.8 Å². The van der Waals surface area contributed by atoms with Crippen molar-refractivity contribution in [2.45, 2.75) is 26.2 Å². The number of rotatable bonds is 3. The fourth-order valence-electron chi connectivity index (χ4n) is 2.14. The summed E-state index contributed by atoms with van der Waals surface area (Å²) in [7, 11) is 0. The van der Waals surface area contributed by atoms with E-state index in [4.69, 9.17) is 0 Å². The lowest BCUT2D eigenvalue weighted by molar-refractivity contribution is -0.117. The zero-order valence-electron chi connectivity index (χ0n) is 14.5. The number of halogens is 1. The van der Waals surface area contributed by atoms with Gasteiger partial charge < -0.3 is 0 Å². The highest BCUT2D eigenvalue weighted by atomic mass is 19.1. The SMILES string of the molecule is CC(C)(C)c1ccc(C(=O)NNC(=O)/C=C/c2cccc(F)c2)cc1. The van der Waals surface area contributed by atoms with Gasteiger partial charge in [-0.25, -0.2) is 4.39 Å². The second kappa shape index (κ2) is 7.75. The minimum Gasteiger partial charge on any atom is -0.268 e. The molecule has 0 aromatic heterocycles. The van der Waals surface area contributed by atoms with E-state index in [-0.39, 0.29) is 11.2 Å². The van der Waals surface area contributed by atoms with Crippen LogP contribution in [-0.2, 0) is 10.2 Å². The highest BCUT2D eigenvalue weighted by molar-refractivity contribution is 5.97. The zero-order chi connectivity index (χ0) is 18.4. The molecule has 5 heteroatoms. The van der Waals surface area contributed by atoms with Crippen LogP contribution < -0.4 is 10.9 Å². The summed E-state index contributed by atoms with van der Waals surface area (Å²) in [6.45, 7) is 6.27. The predicted octanol–water partition coefficient (Wildman–Crippen LogP) is 3.60. The monoisotopic (exact) mass is 340 g/mol. The molecule has 2 aromatic carbocycles. The van der Waals surface area contributed by atoms with Gasteiger partial charge in [-0.15, -0.1) is 0 Å². The van der Waals surface area contributed by atoms with E-state index < -0.39 is 11.8 Å². The van der Waals surface area contributed by atoms with Gasteiger partial charge >= 0.3 is 0 Å². The third-order valence-electron chi connectivity index (χ3n) is 3.59. The second-order valence-corrected chi connectivity index (χ2v) is 6.66. The number of hydrazine groups is 1. The molecular weight excluding hydrogens is 319 g/mol. The maximum atomic E-state index is 13.0. The van der Waals surface area contributed by atoms with Crippen molar-refractivity contribution in [3.8, 4) is 0 Å². The van der Waals surface area contributed by atoms with Gasteiger partial charge in [0, 0.05) is 11.6 Å². The second-order valence-electron chi connectivity index (χ2n) is 6.66. The van der Waals surface area contributed by atoms with E-state index in [1.807, 2.05) is 12.1 Å². The topological polar surface area (TPSA) is 58.2 Å². The Labute approximate surface area is 146 Å². The van der Waals surface area contributed by atoms with Gasteiger partial charge in [-0.05, 0) is 46.9 Å². The molecule has 2 amide bonds. The minimum absolute atomic E-state index is 0.00489. The van der Waals surface area contributed by atoms with Gasteiger partial charge in [0.15, 0.2) is 0 Å². The molecule has 0 heterocycles. The summed E-state index contributed by atoms with van der Waals surface area (Å²) >= 11 is 0. The lowest BCUT2D eigenvalue weighted by Crippen LogP contribution is -2.40. The van der Waals surface area contributed by atoms with Gasteiger partial charge in [0.2, 0.25) is 0 Å². The molecule has 0 unspecified atom stereocenters. The first-order valence-electron chi connectivity index (χ1n) is 7.90. The number of benzene rings is 2. The maximum Gasteiger partial charge on any atom is 0.269 e. The normalized spacial score (nSPS) is 11.4. The van der Waals surface area contributed by atoms with Crippen LogP contribution in [0.25, 0.3) is 6.08 Å². The third-order valence-corrected chi connectivity index (χ3v) is 3.59. The van der Waals surface area contributed by atoms with Crippen molar-refractivity contribution >= 4 is 17.9 Å². The standard InChI is InChI=1S/C20H21FN2O2/c1-20(2,3)16-10-8-15(9-11-16)19(25)23-22-18(24)12-7-14-5-4-6-17(21)13-14/h4-13H,1-3H3,(H,22,24)(H,23,25)/b12-7+. The van der Waals surface area contributed by atoms with Gasteiger partial charge in [0.1, 0.15) is 5.82 Å². The summed E-state index contributed by atoms with van der Waals surface area (Å²) < 4.78 is 13.0. The van der Waals surface area contributed by atoms with Crippen LogP contribution in [0.2, 0.25) is 0 Å². The van der Waals surface area contributed by atoms with E-state index in [2.05, 4.69) is 31.6 Å². The van der Waals surface area contributed by atoms with Gasteiger partial charge in [-0.2, -0.15) is 0 Å². The Hall–Kier alpha value is -2.95. The van der Waals surface area contributed by atoms with E-state index in [1.165, 1.54) is 24.3 Å². The minimum atomic E-state index is -0.510. The van der Waals surface area contributed by atoms with E-state index in [9.17, 15) is 14.0 Å². The molecule has 0 radical (unpaired) electrons. The Balaban J connectivity index is 1.90. The average Bonchev–Trinajstić information content (AvgIpc) is 2.57. The molecule has 4 nitrogen and oxygen atoms in total. The van der Waals surface area contributed by atoms with Crippen LogP contribution in [0.5, 0.6) is 0 Å². The molecule has 0 spiro atoms. The summed E-state index contributed by atoms with van der Waals surface area (Å²) in [6.07, 6.45) is 2.68. The van der Waals surface area contributed by atoms with Crippen LogP contribution in [0.1, 0.15) is 42.3 Å². The molecular formula is C20H21FN2O2. The summed E-state index contributed by atoms with van der Waals surface area (Å²) in [5.41, 5.74) is 6.76. The van der Waals surface area contributed by atoms with Crippen LogP contribution >= 0.6 is 0 Å². The summed E-state index contributed by atoms with van der Waals surface area (Å²) in [6, 6.07) is 13.1. The number of carbonyl (C=O) groups excluding carboxylic acids is 2. The number of nitrogens with one attached hydrogen (secondary N) is 2. The molecule has 0 aliphatic heterocycles. The molecule has 2 N–H and O–H groups in total. The third kappa shape index (κ3) is 5.57. The summed E-state index contributed by atoms with van der Waals surface area (Å²) in [4.78, 5) is 23.7. The number of carbonyl (C=O) groups is 2. The molecule has 0 fully saturated rings. The van der Waals surface area contributed by atoms with E-state index in [1.54, 1.807) is 24.3 Å². The Morgan fingerprint density at radius 3 is 2.28 bits per heavy atom. The molecule has 0 saturated carbocycles. The first kappa shape index (κ1) is 18.4. The van der Waals surface area contributed by atoms with Crippen molar-refractivity contribution in [1.29, 1.82) is 0 Å². The predicted molar refractivity (Wildman–Crippen MR) is 96.2 cm³/mol. The Bertz CT molecular complexity index is 790. The molecule has 0 saturated heterocycles. The zero-order valence-corrected chi connectivity index (χ0v) is 14.5. The smallest absolute Gasteiger partial charge is 0.268 e. The largest absolute Gasteiger partial charge is 0.269 e. The molecule has 0 aliphatic rings. The quantitative estimate of drug-likeness (QED) is 0.662. The van der Waals surface area contributed by atoms with Crippen molar-refractivity contribution in [3.05, 3.63) is 77.1 Å². The highest BCUT2D eigenvalue weighted by Gasteiger charge is 2.14. The Morgan fingerprint density at radius 1 is 1.00 bits per heavy atom. The lowest BCUT2D eigenvalue weighted by Gasteiger charge is -2.19. The van der Waals surface area contributed by atoms with Crippen molar-refractivity contribution in [2.24, 2.45) is 0 Å². The lowest BCUT2D eigenvalue weighted by atomic mass is 9.87. The Morgan fingerprint density at radius 2 is 1.68 bits per heavy atom. The van der Waals surface area contributed by atoms with E-state index in [0.29, 0.717) is 11.1 Å². The molecule has 2 rings (SSSR count). The molecule has 2 aromatic rings. The first-order valence-corrected chi connectivity index (χ1v) is 7.90. The summed E-state index contributed by atoms with van der Waals surface area (Å²) in [5.74, 6) is -1.30. The molecule has 130 valence electrons. The molecule has 0 atom stereocenters. The van der Waals surface area contributed by atoms with Crippen LogP contribution in [0, 0.1) is 5.82 Å².